The molecule has 1 nitrogen and oxygen atoms in total. The highest BCUT2D eigenvalue weighted by atomic mass is 28.3. The van der Waals surface area contributed by atoms with Crippen molar-refractivity contribution in [2.24, 2.45) is 0 Å². The number of para-hydroxylation sites is 1. The maximum atomic E-state index is 2.57. The molecule has 0 radical (unpaired) electrons. The number of hydrogen-bond donors (Lipinski definition) is 0. The largest absolute Gasteiger partial charge is 0.309 e. The van der Waals surface area contributed by atoms with Crippen LogP contribution in [0.5, 0.6) is 0 Å². The average Bonchev–Trinajstić information content (AvgIpc) is 3.48. The van der Waals surface area contributed by atoms with Gasteiger partial charge in [-0.15, -0.1) is 0 Å². The molecule has 9 rings (SSSR count). The minimum absolute atomic E-state index is 1.20. The predicted molar refractivity (Wildman–Crippen MR) is 208 cm³/mol. The van der Waals surface area contributed by atoms with E-state index in [0.717, 1.165) is 0 Å². The summed E-state index contributed by atoms with van der Waals surface area (Å²) in [5.41, 5.74) is 11.8. The van der Waals surface area contributed by atoms with Crippen molar-refractivity contribution in [3.63, 3.8) is 0 Å². The predicted octanol–water partition coefficient (Wildman–Crippen LogP) is 9.58. The van der Waals surface area contributed by atoms with E-state index in [4.69, 9.17) is 0 Å². The molecular weight excluding hydrogens is 599 g/mol. The van der Waals surface area contributed by atoms with E-state index in [1.807, 2.05) is 0 Å². The number of rotatable bonds is 4. The first-order chi connectivity index (χ1) is 22.8. The van der Waals surface area contributed by atoms with E-state index in [2.05, 4.69) is 183 Å². The van der Waals surface area contributed by atoms with E-state index < -0.39 is 16.1 Å². The summed E-state index contributed by atoms with van der Waals surface area (Å²) in [6, 6.07) is 57.1. The second kappa shape index (κ2) is 10.3. The van der Waals surface area contributed by atoms with Crippen LogP contribution in [0.15, 0.2) is 152 Å². The molecule has 3 heteroatoms. The molecule has 0 spiro atoms. The van der Waals surface area contributed by atoms with E-state index in [1.54, 1.807) is 0 Å². The van der Waals surface area contributed by atoms with Gasteiger partial charge in [0.2, 0.25) is 0 Å². The molecule has 0 saturated heterocycles. The number of fused-ring (bicyclic) bond motifs is 7. The Morgan fingerprint density at radius 1 is 0.383 bits per heavy atom. The van der Waals surface area contributed by atoms with Crippen molar-refractivity contribution in [3.8, 4) is 33.4 Å². The van der Waals surface area contributed by atoms with Gasteiger partial charge in [-0.05, 0) is 84.1 Å². The smallest absolute Gasteiger partial charge is 0.113 e. The molecule has 2 aliphatic heterocycles. The third-order valence-electron chi connectivity index (χ3n) is 10.9. The molecule has 7 aromatic carbocycles. The molecule has 47 heavy (non-hydrogen) atoms. The molecular formula is C44H37NSi2. The maximum Gasteiger partial charge on any atom is 0.113 e. The molecule has 226 valence electrons. The summed E-state index contributed by atoms with van der Waals surface area (Å²) < 4.78 is 0. The minimum Gasteiger partial charge on any atom is -0.309 e. The fourth-order valence-corrected chi connectivity index (χ4v) is 14.6. The Morgan fingerprint density at radius 3 is 1.77 bits per heavy atom. The van der Waals surface area contributed by atoms with Gasteiger partial charge >= 0.3 is 0 Å². The van der Waals surface area contributed by atoms with Crippen LogP contribution in [0.4, 0.5) is 17.1 Å². The van der Waals surface area contributed by atoms with Crippen molar-refractivity contribution in [2.75, 3.05) is 4.90 Å². The maximum absolute atomic E-state index is 2.57. The highest BCUT2D eigenvalue weighted by Crippen LogP contribution is 2.46. The van der Waals surface area contributed by atoms with Crippen LogP contribution < -0.4 is 25.6 Å². The molecule has 7 aromatic rings. The molecule has 0 N–H and O–H groups in total. The summed E-state index contributed by atoms with van der Waals surface area (Å²) in [7, 11) is -3.76. The summed E-state index contributed by atoms with van der Waals surface area (Å²) in [6.07, 6.45) is 0. The zero-order chi connectivity index (χ0) is 31.9. The minimum atomic E-state index is -1.89. The Bertz CT molecular complexity index is 2380. The van der Waals surface area contributed by atoms with Gasteiger partial charge in [0.25, 0.3) is 0 Å². The summed E-state index contributed by atoms with van der Waals surface area (Å²) in [5, 5.41) is 8.64. The second-order valence-corrected chi connectivity index (χ2v) is 22.8. The highest BCUT2D eigenvalue weighted by Gasteiger charge is 2.41. The molecule has 0 saturated carbocycles. The van der Waals surface area contributed by atoms with E-state index in [1.165, 1.54) is 82.0 Å². The molecule has 2 heterocycles. The first kappa shape index (κ1) is 28.3. The van der Waals surface area contributed by atoms with Crippen molar-refractivity contribution in [1.29, 1.82) is 0 Å². The molecule has 0 atom stereocenters. The molecule has 0 unspecified atom stereocenters. The number of nitrogens with zero attached hydrogens (tertiary/aromatic N) is 1. The lowest BCUT2D eigenvalue weighted by Crippen LogP contribution is -2.49. The van der Waals surface area contributed by atoms with Gasteiger partial charge in [0.05, 0.1) is 11.4 Å². The lowest BCUT2D eigenvalue weighted by molar-refractivity contribution is 1.29. The molecule has 2 aliphatic rings. The fourth-order valence-electron chi connectivity index (χ4n) is 8.43. The second-order valence-electron chi connectivity index (χ2n) is 14.2. The summed E-state index contributed by atoms with van der Waals surface area (Å²) in [6.45, 7) is 10.0. The van der Waals surface area contributed by atoms with Gasteiger partial charge < -0.3 is 4.90 Å². The van der Waals surface area contributed by atoms with E-state index in [9.17, 15) is 0 Å². The Kier molecular flexibility index (Phi) is 6.18. The van der Waals surface area contributed by atoms with Gasteiger partial charge in [0.15, 0.2) is 0 Å². The average molecular weight is 636 g/mol. The van der Waals surface area contributed by atoms with Crippen LogP contribution in [-0.4, -0.2) is 16.1 Å². The van der Waals surface area contributed by atoms with Crippen LogP contribution in [0, 0.1) is 0 Å². The van der Waals surface area contributed by atoms with Gasteiger partial charge in [0, 0.05) is 16.8 Å². The first-order valence-electron chi connectivity index (χ1n) is 16.7. The van der Waals surface area contributed by atoms with Crippen LogP contribution in [-0.2, 0) is 0 Å². The lowest BCUT2D eigenvalue weighted by atomic mass is 9.97. The standard InChI is InChI=1S/C44H37NSi2/c1-46(2)41-22-12-9-18-37(41)44-39(20-13-23-42(44)46)45(33-26-27-36-35-17-8-11-21-40(35)47(3,4)43(36)29-33)38-19-10-7-16-34(38)32-25-24-30-14-5-6-15-31(30)28-32/h5-29H,1-4H3. The van der Waals surface area contributed by atoms with Gasteiger partial charge in [-0.1, -0.05) is 148 Å². The Balaban J connectivity index is 1.33. The van der Waals surface area contributed by atoms with Crippen LogP contribution >= 0.6 is 0 Å². The summed E-state index contributed by atoms with van der Waals surface area (Å²) >= 11 is 0. The zero-order valence-corrected chi connectivity index (χ0v) is 29.4. The molecule has 0 amide bonds. The van der Waals surface area contributed by atoms with Crippen molar-refractivity contribution in [2.45, 2.75) is 26.2 Å². The third kappa shape index (κ3) is 4.13. The van der Waals surface area contributed by atoms with E-state index >= 15 is 0 Å². The highest BCUT2D eigenvalue weighted by molar-refractivity contribution is 7.04. The Morgan fingerprint density at radius 2 is 0.957 bits per heavy atom. The fraction of sp³-hybridized carbons (Fsp3) is 0.0909. The Hall–Kier alpha value is -4.97. The van der Waals surface area contributed by atoms with Gasteiger partial charge in [-0.25, -0.2) is 0 Å². The monoisotopic (exact) mass is 635 g/mol. The number of anilines is 3. The van der Waals surface area contributed by atoms with E-state index in [0.29, 0.717) is 0 Å². The summed E-state index contributed by atoms with van der Waals surface area (Å²) in [4.78, 5) is 2.57. The van der Waals surface area contributed by atoms with Crippen LogP contribution in [0.1, 0.15) is 0 Å². The van der Waals surface area contributed by atoms with E-state index in [-0.39, 0.29) is 0 Å². The van der Waals surface area contributed by atoms with Crippen LogP contribution in [0.25, 0.3) is 44.2 Å². The number of benzene rings is 7. The quantitative estimate of drug-likeness (QED) is 0.174. The van der Waals surface area contributed by atoms with Crippen molar-refractivity contribution >= 4 is 64.7 Å². The van der Waals surface area contributed by atoms with Crippen molar-refractivity contribution in [3.05, 3.63) is 152 Å². The summed E-state index contributed by atoms with van der Waals surface area (Å²) in [5.74, 6) is 0. The van der Waals surface area contributed by atoms with Gasteiger partial charge in [-0.3, -0.25) is 0 Å². The van der Waals surface area contributed by atoms with Gasteiger partial charge in [-0.2, -0.15) is 0 Å². The Labute approximate surface area is 279 Å². The van der Waals surface area contributed by atoms with Crippen LogP contribution in [0.2, 0.25) is 26.2 Å². The van der Waals surface area contributed by atoms with Gasteiger partial charge in [0.1, 0.15) is 16.1 Å². The van der Waals surface area contributed by atoms with Crippen molar-refractivity contribution < 1.29 is 0 Å². The SMILES string of the molecule is C[Si]1(C)c2ccccc2-c2ccc(N(c3ccccc3-c3ccc4ccccc4c3)c3cccc4c3-c3ccccc3[Si]4(C)C)cc21. The molecule has 0 aliphatic carbocycles. The molecule has 0 bridgehead atoms. The molecule has 0 aromatic heterocycles. The lowest BCUT2D eigenvalue weighted by Gasteiger charge is -2.31. The van der Waals surface area contributed by atoms with Crippen LogP contribution in [0.3, 0.4) is 0 Å². The zero-order valence-electron chi connectivity index (χ0n) is 27.4. The normalized spacial score (nSPS) is 14.7. The molecule has 0 fully saturated rings. The number of hydrogen-bond acceptors (Lipinski definition) is 1. The topological polar surface area (TPSA) is 3.24 Å². The van der Waals surface area contributed by atoms with Crippen molar-refractivity contribution in [1.82, 2.24) is 0 Å². The first-order valence-corrected chi connectivity index (χ1v) is 22.7. The third-order valence-corrected chi connectivity index (χ3v) is 17.9.